The van der Waals surface area contributed by atoms with Crippen LogP contribution >= 0.6 is 0 Å². The predicted molar refractivity (Wildman–Crippen MR) is 124 cm³/mol. The summed E-state index contributed by atoms with van der Waals surface area (Å²) in [5, 5.41) is 13.1. The second-order valence-electron chi connectivity index (χ2n) is 9.81. The number of benzene rings is 1. The van der Waals surface area contributed by atoms with Gasteiger partial charge in [0.15, 0.2) is 0 Å². The fraction of sp³-hybridized carbons (Fsp3) is 0.538. The fourth-order valence-electron chi connectivity index (χ4n) is 5.94. The van der Waals surface area contributed by atoms with Crippen molar-refractivity contribution in [2.75, 3.05) is 24.5 Å². The Kier molecular flexibility index (Phi) is 5.25. The van der Waals surface area contributed by atoms with Crippen LogP contribution in [0.2, 0.25) is 0 Å². The molecule has 31 heavy (non-hydrogen) atoms. The summed E-state index contributed by atoms with van der Waals surface area (Å²) < 4.78 is 0. The molecule has 2 aromatic rings. The number of fused-ring (bicyclic) bond motifs is 1. The van der Waals surface area contributed by atoms with Gasteiger partial charge in [0.2, 0.25) is 0 Å². The van der Waals surface area contributed by atoms with Gasteiger partial charge in [0.05, 0.1) is 12.1 Å². The highest BCUT2D eigenvalue weighted by Crippen LogP contribution is 2.50. The van der Waals surface area contributed by atoms with E-state index in [4.69, 9.17) is 4.98 Å². The van der Waals surface area contributed by atoms with E-state index in [1.165, 1.54) is 48.8 Å². The Morgan fingerprint density at radius 2 is 1.90 bits per heavy atom. The van der Waals surface area contributed by atoms with Crippen LogP contribution in [0.15, 0.2) is 18.2 Å². The van der Waals surface area contributed by atoms with Crippen molar-refractivity contribution >= 4 is 11.7 Å². The Hall–Kier alpha value is -2.40. The number of pyridine rings is 1. The van der Waals surface area contributed by atoms with E-state index in [0.717, 1.165) is 60.8 Å². The molecule has 0 amide bonds. The zero-order valence-electron chi connectivity index (χ0n) is 18.8. The summed E-state index contributed by atoms with van der Waals surface area (Å²) in [6, 6.07) is 6.76. The van der Waals surface area contributed by atoms with Crippen molar-refractivity contribution < 1.29 is 9.90 Å². The van der Waals surface area contributed by atoms with Crippen LogP contribution in [0.4, 0.5) is 5.69 Å². The largest absolute Gasteiger partial charge is 0.481 e. The Balaban J connectivity index is 1.62. The number of aliphatic carboxylic acids is 1. The van der Waals surface area contributed by atoms with Crippen LogP contribution in [0.3, 0.4) is 0 Å². The van der Waals surface area contributed by atoms with Gasteiger partial charge in [0.1, 0.15) is 0 Å². The van der Waals surface area contributed by atoms with Gasteiger partial charge in [-0.2, -0.15) is 0 Å². The zero-order valence-corrected chi connectivity index (χ0v) is 18.8. The quantitative estimate of drug-likeness (QED) is 0.769. The lowest BCUT2D eigenvalue weighted by Gasteiger charge is -2.49. The smallest absolute Gasteiger partial charge is 0.307 e. The number of nitrogens with one attached hydrogen (secondary N) is 1. The standard InChI is InChI=1S/C26H33N3O2/c1-17-22(15-23(30)31)25(29-12-9-26(10-13-29)7-3-8-26)24(18(2)28-17)20-4-5-21-16-27-11-6-19(21)14-20/h4-5,14,27H,3,6-13,15-16H2,1-2H3,(H,30,31). The van der Waals surface area contributed by atoms with Gasteiger partial charge < -0.3 is 15.3 Å². The number of anilines is 1. The van der Waals surface area contributed by atoms with E-state index in [1.54, 1.807) is 0 Å². The molecule has 0 radical (unpaired) electrons. The first-order valence-corrected chi connectivity index (χ1v) is 11.8. The third-order valence-electron chi connectivity index (χ3n) is 7.92. The van der Waals surface area contributed by atoms with Gasteiger partial charge in [-0.25, -0.2) is 0 Å². The van der Waals surface area contributed by atoms with Crippen molar-refractivity contribution in [2.24, 2.45) is 5.41 Å². The van der Waals surface area contributed by atoms with Crippen LogP contribution in [0, 0.1) is 19.3 Å². The van der Waals surface area contributed by atoms with Gasteiger partial charge in [-0.3, -0.25) is 9.78 Å². The molecule has 1 spiro atoms. The van der Waals surface area contributed by atoms with Crippen molar-refractivity contribution in [2.45, 2.75) is 65.3 Å². The van der Waals surface area contributed by atoms with Gasteiger partial charge in [-0.05, 0) is 74.6 Å². The molecule has 2 aliphatic heterocycles. The summed E-state index contributed by atoms with van der Waals surface area (Å²) in [7, 11) is 0. The number of nitrogens with zero attached hydrogens (tertiary/aromatic N) is 2. The molecule has 2 fully saturated rings. The van der Waals surface area contributed by atoms with Crippen molar-refractivity contribution in [3.8, 4) is 11.1 Å². The molecule has 5 heteroatoms. The zero-order chi connectivity index (χ0) is 21.6. The minimum atomic E-state index is -0.787. The first-order valence-electron chi connectivity index (χ1n) is 11.8. The van der Waals surface area contributed by atoms with Crippen molar-refractivity contribution in [1.29, 1.82) is 0 Å². The molecule has 0 atom stereocenters. The van der Waals surface area contributed by atoms with Gasteiger partial charge >= 0.3 is 5.97 Å². The van der Waals surface area contributed by atoms with E-state index in [-0.39, 0.29) is 6.42 Å². The average molecular weight is 420 g/mol. The molecule has 2 N–H and O–H groups in total. The molecule has 3 aliphatic rings. The van der Waals surface area contributed by atoms with Crippen LogP contribution in [-0.2, 0) is 24.2 Å². The number of hydrogen-bond acceptors (Lipinski definition) is 4. The predicted octanol–water partition coefficient (Wildman–Crippen LogP) is 4.41. The highest BCUT2D eigenvalue weighted by atomic mass is 16.4. The monoisotopic (exact) mass is 419 g/mol. The number of carbonyl (C=O) groups is 1. The van der Waals surface area contributed by atoms with E-state index in [9.17, 15) is 9.90 Å². The van der Waals surface area contributed by atoms with Gasteiger partial charge in [-0.15, -0.1) is 0 Å². The van der Waals surface area contributed by atoms with Crippen LogP contribution in [-0.4, -0.2) is 35.7 Å². The van der Waals surface area contributed by atoms with Crippen molar-refractivity contribution in [3.63, 3.8) is 0 Å². The Morgan fingerprint density at radius 3 is 2.58 bits per heavy atom. The highest BCUT2D eigenvalue weighted by molar-refractivity contribution is 5.86. The van der Waals surface area contributed by atoms with Crippen LogP contribution in [0.25, 0.3) is 11.1 Å². The Bertz CT molecular complexity index is 1020. The van der Waals surface area contributed by atoms with E-state index in [0.29, 0.717) is 5.41 Å². The van der Waals surface area contributed by atoms with E-state index >= 15 is 0 Å². The molecule has 0 unspecified atom stereocenters. The Labute approximate surface area is 184 Å². The van der Waals surface area contributed by atoms with Crippen LogP contribution in [0.5, 0.6) is 0 Å². The summed E-state index contributed by atoms with van der Waals surface area (Å²) in [4.78, 5) is 19.1. The summed E-state index contributed by atoms with van der Waals surface area (Å²) in [6.07, 6.45) is 7.59. The summed E-state index contributed by atoms with van der Waals surface area (Å²) >= 11 is 0. The number of aromatic nitrogens is 1. The normalized spacial score (nSPS) is 19.7. The number of aryl methyl sites for hydroxylation is 2. The maximum atomic E-state index is 11.8. The summed E-state index contributed by atoms with van der Waals surface area (Å²) in [5.74, 6) is -0.787. The maximum Gasteiger partial charge on any atom is 0.307 e. The summed E-state index contributed by atoms with van der Waals surface area (Å²) in [5.41, 5.74) is 9.49. The number of carboxylic acids is 1. The molecule has 1 aromatic heterocycles. The van der Waals surface area contributed by atoms with Gasteiger partial charge in [0, 0.05) is 42.1 Å². The molecule has 3 heterocycles. The molecule has 5 rings (SSSR count). The molecule has 1 saturated heterocycles. The van der Waals surface area contributed by atoms with Crippen molar-refractivity contribution in [1.82, 2.24) is 10.3 Å². The van der Waals surface area contributed by atoms with Gasteiger partial charge in [0.25, 0.3) is 0 Å². The number of piperidine rings is 1. The maximum absolute atomic E-state index is 11.8. The summed E-state index contributed by atoms with van der Waals surface area (Å²) in [6.45, 7) is 8.00. The van der Waals surface area contributed by atoms with Crippen LogP contribution < -0.4 is 10.2 Å². The molecule has 5 nitrogen and oxygen atoms in total. The third kappa shape index (κ3) is 3.73. The van der Waals surface area contributed by atoms with Gasteiger partial charge in [-0.1, -0.05) is 24.6 Å². The van der Waals surface area contributed by atoms with Crippen molar-refractivity contribution in [3.05, 3.63) is 46.3 Å². The van der Waals surface area contributed by atoms with Crippen LogP contribution in [0.1, 0.15) is 60.2 Å². The minimum Gasteiger partial charge on any atom is -0.481 e. The SMILES string of the molecule is Cc1nc(C)c(-c2ccc3c(c2)CCNC3)c(N2CCC3(CCC3)CC2)c1CC(=O)O. The highest BCUT2D eigenvalue weighted by Gasteiger charge is 2.40. The number of hydrogen-bond donors (Lipinski definition) is 2. The molecular weight excluding hydrogens is 386 g/mol. The molecule has 0 bridgehead atoms. The lowest BCUT2D eigenvalue weighted by molar-refractivity contribution is -0.136. The van der Waals surface area contributed by atoms with E-state index < -0.39 is 5.97 Å². The van der Waals surface area contributed by atoms with E-state index in [2.05, 4.69) is 35.3 Å². The first-order chi connectivity index (χ1) is 15.0. The molecule has 164 valence electrons. The first kappa shape index (κ1) is 20.5. The molecule has 1 aromatic carbocycles. The third-order valence-corrected chi connectivity index (χ3v) is 7.92. The number of carboxylic acid groups (broad SMARTS) is 1. The Morgan fingerprint density at radius 1 is 1.13 bits per heavy atom. The second-order valence-corrected chi connectivity index (χ2v) is 9.81. The number of rotatable bonds is 4. The molecule has 1 aliphatic carbocycles. The topological polar surface area (TPSA) is 65.5 Å². The molecular formula is C26H33N3O2. The lowest BCUT2D eigenvalue weighted by Crippen LogP contribution is -2.44. The second kappa shape index (κ2) is 7.94. The fourth-order valence-corrected chi connectivity index (χ4v) is 5.94. The average Bonchev–Trinajstić information content (AvgIpc) is 2.74. The van der Waals surface area contributed by atoms with E-state index in [1.807, 2.05) is 6.92 Å². The lowest BCUT2D eigenvalue weighted by atomic mass is 9.63. The minimum absolute atomic E-state index is 0.0257. The molecule has 1 saturated carbocycles.